The van der Waals surface area contributed by atoms with Crippen LogP contribution in [0.2, 0.25) is 0 Å². The van der Waals surface area contributed by atoms with Crippen molar-refractivity contribution in [3.05, 3.63) is 77.9 Å². The van der Waals surface area contributed by atoms with Gasteiger partial charge in [-0.1, -0.05) is 17.7 Å². The third-order valence-corrected chi connectivity index (χ3v) is 7.01. The molecule has 37 heavy (non-hydrogen) atoms. The number of amides is 1. The van der Waals surface area contributed by atoms with E-state index in [9.17, 15) is 13.2 Å². The Kier molecular flexibility index (Phi) is 9.51. The van der Waals surface area contributed by atoms with Gasteiger partial charge in [-0.3, -0.25) is 9.10 Å². The first-order valence-electron chi connectivity index (χ1n) is 11.7. The Morgan fingerprint density at radius 2 is 1.59 bits per heavy atom. The second-order valence-electron chi connectivity index (χ2n) is 7.89. The Morgan fingerprint density at radius 1 is 0.946 bits per heavy atom. The number of nitrogens with one attached hydrogen (secondary N) is 1. The Hall–Kier alpha value is -4.05. The predicted molar refractivity (Wildman–Crippen MR) is 143 cm³/mol. The van der Waals surface area contributed by atoms with Crippen LogP contribution in [0, 0.1) is 6.92 Å². The molecule has 0 heterocycles. The number of aryl methyl sites for hydroxylation is 1. The lowest BCUT2D eigenvalue weighted by Gasteiger charge is -2.24. The van der Waals surface area contributed by atoms with Gasteiger partial charge in [0.1, 0.15) is 12.3 Å². The van der Waals surface area contributed by atoms with Gasteiger partial charge in [-0.2, -0.15) is 5.10 Å². The molecule has 0 fully saturated rings. The zero-order chi connectivity index (χ0) is 26.8. The molecule has 0 unspecified atom stereocenters. The summed E-state index contributed by atoms with van der Waals surface area (Å²) in [6, 6.07) is 18.1. The topological polar surface area (TPSA) is 107 Å². The Balaban J connectivity index is 1.80. The summed E-state index contributed by atoms with van der Waals surface area (Å²) < 4.78 is 44.3. The summed E-state index contributed by atoms with van der Waals surface area (Å²) in [7, 11) is -2.55. The molecule has 0 bridgehead atoms. The summed E-state index contributed by atoms with van der Waals surface area (Å²) in [6.07, 6.45) is 1.45. The van der Waals surface area contributed by atoms with Crippen molar-refractivity contribution >= 4 is 27.8 Å². The molecular weight excluding hydrogens is 494 g/mol. The molecule has 1 N–H and O–H groups in total. The largest absolute Gasteiger partial charge is 0.497 e. The van der Waals surface area contributed by atoms with Crippen molar-refractivity contribution in [1.29, 1.82) is 0 Å². The van der Waals surface area contributed by atoms with Gasteiger partial charge in [0.05, 0.1) is 37.1 Å². The Bertz CT molecular complexity index is 1320. The lowest BCUT2D eigenvalue weighted by atomic mass is 10.2. The van der Waals surface area contributed by atoms with Crippen LogP contribution in [0.1, 0.15) is 25.0 Å². The molecule has 0 aliphatic carbocycles. The van der Waals surface area contributed by atoms with Crippen molar-refractivity contribution in [2.45, 2.75) is 25.7 Å². The molecule has 0 aromatic heterocycles. The summed E-state index contributed by atoms with van der Waals surface area (Å²) >= 11 is 0. The number of ether oxygens (including phenoxy) is 3. The predicted octanol–water partition coefficient (Wildman–Crippen LogP) is 4.15. The van der Waals surface area contributed by atoms with E-state index in [1.807, 2.05) is 20.8 Å². The van der Waals surface area contributed by atoms with E-state index >= 15 is 0 Å². The number of hydrazone groups is 1. The first-order chi connectivity index (χ1) is 17.8. The molecule has 0 aliphatic heterocycles. The van der Waals surface area contributed by atoms with Crippen LogP contribution in [-0.2, 0) is 14.8 Å². The molecule has 3 aromatic carbocycles. The first-order valence-corrected chi connectivity index (χ1v) is 13.2. The molecule has 9 nitrogen and oxygen atoms in total. The maximum Gasteiger partial charge on any atom is 0.264 e. The zero-order valence-electron chi connectivity index (χ0n) is 21.3. The SMILES string of the molecule is CCOc1ccc(/C=N\NC(=O)CN(c2ccc(C)cc2)S(=O)(=O)c2ccc(OC)cc2)cc1OCC. The number of rotatable bonds is 12. The summed E-state index contributed by atoms with van der Waals surface area (Å²) in [4.78, 5) is 12.8. The minimum Gasteiger partial charge on any atom is -0.497 e. The van der Waals surface area contributed by atoms with E-state index in [2.05, 4.69) is 10.5 Å². The quantitative estimate of drug-likeness (QED) is 0.281. The third kappa shape index (κ3) is 7.23. The number of hydrogen-bond donors (Lipinski definition) is 1. The number of sulfonamides is 1. The Morgan fingerprint density at radius 3 is 2.22 bits per heavy atom. The number of hydrogen-bond acceptors (Lipinski definition) is 7. The normalized spacial score (nSPS) is 11.2. The molecular formula is C27H31N3O6S. The van der Waals surface area contributed by atoms with Crippen molar-refractivity contribution in [3.63, 3.8) is 0 Å². The van der Waals surface area contributed by atoms with Crippen molar-refractivity contribution in [1.82, 2.24) is 5.43 Å². The molecule has 1 amide bonds. The number of methoxy groups -OCH3 is 1. The van der Waals surface area contributed by atoms with E-state index in [0.29, 0.717) is 41.7 Å². The molecule has 10 heteroatoms. The van der Waals surface area contributed by atoms with E-state index in [0.717, 1.165) is 9.87 Å². The van der Waals surface area contributed by atoms with Crippen LogP contribution in [0.25, 0.3) is 0 Å². The molecule has 196 valence electrons. The van der Waals surface area contributed by atoms with E-state index < -0.39 is 22.5 Å². The molecule has 0 radical (unpaired) electrons. The molecule has 3 rings (SSSR count). The lowest BCUT2D eigenvalue weighted by Crippen LogP contribution is -2.39. The number of nitrogens with zero attached hydrogens (tertiary/aromatic N) is 2. The van der Waals surface area contributed by atoms with Gasteiger partial charge in [0.25, 0.3) is 15.9 Å². The Labute approximate surface area is 217 Å². The third-order valence-electron chi connectivity index (χ3n) is 5.23. The fraction of sp³-hybridized carbons (Fsp3) is 0.259. The van der Waals surface area contributed by atoms with Gasteiger partial charge in [0, 0.05) is 0 Å². The molecule has 3 aromatic rings. The zero-order valence-corrected chi connectivity index (χ0v) is 22.1. The lowest BCUT2D eigenvalue weighted by molar-refractivity contribution is -0.119. The minimum absolute atomic E-state index is 0.0306. The van der Waals surface area contributed by atoms with Gasteiger partial charge < -0.3 is 14.2 Å². The van der Waals surface area contributed by atoms with Crippen molar-refractivity contribution in [2.75, 3.05) is 31.2 Å². The van der Waals surface area contributed by atoms with Gasteiger partial charge in [-0.05, 0) is 80.9 Å². The highest BCUT2D eigenvalue weighted by Gasteiger charge is 2.27. The number of anilines is 1. The van der Waals surface area contributed by atoms with E-state index in [-0.39, 0.29) is 4.90 Å². The van der Waals surface area contributed by atoms with Crippen LogP contribution in [0.4, 0.5) is 5.69 Å². The maximum atomic E-state index is 13.5. The van der Waals surface area contributed by atoms with E-state index in [1.54, 1.807) is 54.6 Å². The fourth-order valence-corrected chi connectivity index (χ4v) is 4.81. The monoisotopic (exact) mass is 525 g/mol. The fourth-order valence-electron chi connectivity index (χ4n) is 3.39. The van der Waals surface area contributed by atoms with Gasteiger partial charge in [-0.15, -0.1) is 0 Å². The average Bonchev–Trinajstić information content (AvgIpc) is 2.89. The second-order valence-corrected chi connectivity index (χ2v) is 9.75. The van der Waals surface area contributed by atoms with Crippen LogP contribution in [0.3, 0.4) is 0 Å². The van der Waals surface area contributed by atoms with Gasteiger partial charge in [-0.25, -0.2) is 13.8 Å². The maximum absolute atomic E-state index is 13.5. The summed E-state index contributed by atoms with van der Waals surface area (Å²) in [5.41, 5.74) is 4.40. The number of carbonyl (C=O) groups excluding carboxylic acids is 1. The van der Waals surface area contributed by atoms with Crippen LogP contribution >= 0.6 is 0 Å². The smallest absolute Gasteiger partial charge is 0.264 e. The van der Waals surface area contributed by atoms with Crippen molar-refractivity contribution in [2.24, 2.45) is 5.10 Å². The summed E-state index contributed by atoms with van der Waals surface area (Å²) in [5.74, 6) is 1.10. The first kappa shape index (κ1) is 27.5. The summed E-state index contributed by atoms with van der Waals surface area (Å²) in [5, 5.41) is 4.00. The summed E-state index contributed by atoms with van der Waals surface area (Å²) in [6.45, 7) is 6.15. The van der Waals surface area contributed by atoms with Crippen molar-refractivity contribution < 1.29 is 27.4 Å². The van der Waals surface area contributed by atoms with E-state index in [1.165, 1.54) is 25.5 Å². The molecule has 0 aliphatic rings. The number of carbonyl (C=O) groups is 1. The molecule has 0 spiro atoms. The highest BCUT2D eigenvalue weighted by molar-refractivity contribution is 7.92. The molecule has 0 saturated heterocycles. The van der Waals surface area contributed by atoms with Gasteiger partial charge in [0.2, 0.25) is 0 Å². The van der Waals surface area contributed by atoms with Crippen LogP contribution in [0.5, 0.6) is 17.2 Å². The number of benzene rings is 3. The molecule has 0 saturated carbocycles. The van der Waals surface area contributed by atoms with E-state index in [4.69, 9.17) is 14.2 Å². The van der Waals surface area contributed by atoms with Crippen LogP contribution < -0.4 is 23.9 Å². The molecule has 0 atom stereocenters. The van der Waals surface area contributed by atoms with Crippen LogP contribution in [-0.4, -0.2) is 47.4 Å². The van der Waals surface area contributed by atoms with Crippen molar-refractivity contribution in [3.8, 4) is 17.2 Å². The second kappa shape index (κ2) is 12.8. The minimum atomic E-state index is -4.05. The highest BCUT2D eigenvalue weighted by Crippen LogP contribution is 2.28. The average molecular weight is 526 g/mol. The standard InChI is InChI=1S/C27H31N3O6S/c1-5-35-25-16-9-21(17-26(25)36-6-2)18-28-29-27(31)19-30(22-10-7-20(3)8-11-22)37(32,33)24-14-12-23(34-4)13-15-24/h7-18H,5-6,19H2,1-4H3,(H,29,31)/b28-18-. The van der Waals surface area contributed by atoms with Gasteiger partial charge >= 0.3 is 0 Å². The van der Waals surface area contributed by atoms with Crippen LogP contribution in [0.15, 0.2) is 76.7 Å². The highest BCUT2D eigenvalue weighted by atomic mass is 32.2. The van der Waals surface area contributed by atoms with Gasteiger partial charge in [0.15, 0.2) is 11.5 Å².